The maximum atomic E-state index is 13.7. The van der Waals surface area contributed by atoms with Crippen molar-refractivity contribution in [2.24, 2.45) is 5.16 Å². The molecule has 1 aliphatic heterocycles. The standard InChI is InChI=1S/C16H11F3N2O2/c17-9-5-6-13(12(19)7-9)20-16(22)15-8-14(21-23-15)10-3-1-2-4-11(10)18/h1-7,15H,8H2,(H,20,22). The van der Waals surface area contributed by atoms with Gasteiger partial charge < -0.3 is 10.2 Å². The quantitative estimate of drug-likeness (QED) is 0.944. The minimum absolute atomic E-state index is 0.0512. The van der Waals surface area contributed by atoms with Gasteiger partial charge in [0.05, 0.1) is 11.4 Å². The van der Waals surface area contributed by atoms with Crippen LogP contribution in [0.5, 0.6) is 0 Å². The van der Waals surface area contributed by atoms with Crippen molar-refractivity contribution in [1.29, 1.82) is 0 Å². The van der Waals surface area contributed by atoms with Crippen LogP contribution in [0.15, 0.2) is 47.6 Å². The number of rotatable bonds is 3. The number of carbonyl (C=O) groups is 1. The minimum Gasteiger partial charge on any atom is -0.382 e. The van der Waals surface area contributed by atoms with Crippen molar-refractivity contribution < 1.29 is 22.8 Å². The van der Waals surface area contributed by atoms with Gasteiger partial charge in [-0.3, -0.25) is 4.79 Å². The van der Waals surface area contributed by atoms with Crippen LogP contribution in [-0.4, -0.2) is 17.7 Å². The van der Waals surface area contributed by atoms with Crippen LogP contribution in [0.2, 0.25) is 0 Å². The monoisotopic (exact) mass is 320 g/mol. The number of benzene rings is 2. The summed E-state index contributed by atoms with van der Waals surface area (Å²) in [6.45, 7) is 0. The summed E-state index contributed by atoms with van der Waals surface area (Å²) in [5.74, 6) is -2.76. The third kappa shape index (κ3) is 3.18. The molecule has 0 saturated heterocycles. The van der Waals surface area contributed by atoms with E-state index in [4.69, 9.17) is 4.84 Å². The van der Waals surface area contributed by atoms with E-state index in [0.29, 0.717) is 11.8 Å². The summed E-state index contributed by atoms with van der Waals surface area (Å²) in [5.41, 5.74) is 0.373. The van der Waals surface area contributed by atoms with Crippen molar-refractivity contribution in [3.8, 4) is 0 Å². The van der Waals surface area contributed by atoms with Crippen LogP contribution in [0.3, 0.4) is 0 Å². The highest BCUT2D eigenvalue weighted by Gasteiger charge is 2.30. The Morgan fingerprint density at radius 3 is 2.65 bits per heavy atom. The van der Waals surface area contributed by atoms with Crippen LogP contribution in [-0.2, 0) is 9.63 Å². The van der Waals surface area contributed by atoms with Gasteiger partial charge in [0.25, 0.3) is 5.91 Å². The lowest BCUT2D eigenvalue weighted by Crippen LogP contribution is -2.28. The van der Waals surface area contributed by atoms with Crippen LogP contribution in [0, 0.1) is 17.5 Å². The van der Waals surface area contributed by atoms with Gasteiger partial charge in [-0.25, -0.2) is 13.2 Å². The molecule has 1 unspecified atom stereocenters. The highest BCUT2D eigenvalue weighted by Crippen LogP contribution is 2.21. The Morgan fingerprint density at radius 1 is 1.13 bits per heavy atom. The Bertz CT molecular complexity index is 793. The first kappa shape index (κ1) is 15.1. The minimum atomic E-state index is -1.01. The molecule has 2 aromatic carbocycles. The molecule has 0 fully saturated rings. The van der Waals surface area contributed by atoms with Crippen molar-refractivity contribution in [2.45, 2.75) is 12.5 Å². The third-order valence-electron chi connectivity index (χ3n) is 3.34. The summed E-state index contributed by atoms with van der Waals surface area (Å²) in [4.78, 5) is 17.0. The van der Waals surface area contributed by atoms with Crippen molar-refractivity contribution in [3.05, 3.63) is 65.5 Å². The maximum Gasteiger partial charge on any atom is 0.268 e. The van der Waals surface area contributed by atoms with Gasteiger partial charge in [-0.1, -0.05) is 23.4 Å². The number of amides is 1. The van der Waals surface area contributed by atoms with E-state index in [1.54, 1.807) is 6.07 Å². The summed E-state index contributed by atoms with van der Waals surface area (Å²) in [7, 11) is 0. The first-order valence-corrected chi connectivity index (χ1v) is 6.78. The number of nitrogens with zero attached hydrogens (tertiary/aromatic N) is 1. The molecular weight excluding hydrogens is 309 g/mol. The molecule has 0 bridgehead atoms. The van der Waals surface area contributed by atoms with Gasteiger partial charge in [0, 0.05) is 18.1 Å². The molecule has 1 atom stereocenters. The van der Waals surface area contributed by atoms with E-state index < -0.39 is 29.5 Å². The zero-order valence-corrected chi connectivity index (χ0v) is 11.7. The molecule has 1 heterocycles. The van der Waals surface area contributed by atoms with Crippen molar-refractivity contribution in [3.63, 3.8) is 0 Å². The zero-order valence-electron chi connectivity index (χ0n) is 11.7. The lowest BCUT2D eigenvalue weighted by atomic mass is 10.0. The molecule has 1 N–H and O–H groups in total. The molecule has 4 nitrogen and oxygen atoms in total. The predicted octanol–water partition coefficient (Wildman–Crippen LogP) is 3.24. The SMILES string of the molecule is O=C(Nc1ccc(F)cc1F)C1CC(c2ccccc2F)=NO1. The summed E-state index contributed by atoms with van der Waals surface area (Å²) in [6, 6.07) is 8.77. The maximum absolute atomic E-state index is 13.7. The zero-order chi connectivity index (χ0) is 16.4. The van der Waals surface area contributed by atoms with E-state index in [1.165, 1.54) is 18.2 Å². The number of nitrogens with one attached hydrogen (secondary N) is 1. The normalized spacial score (nSPS) is 16.7. The molecule has 7 heteroatoms. The van der Waals surface area contributed by atoms with Crippen LogP contribution < -0.4 is 5.32 Å². The number of carbonyl (C=O) groups excluding carboxylic acids is 1. The van der Waals surface area contributed by atoms with E-state index in [1.807, 2.05) is 0 Å². The highest BCUT2D eigenvalue weighted by atomic mass is 19.1. The molecule has 0 radical (unpaired) electrons. The highest BCUT2D eigenvalue weighted by molar-refractivity contribution is 6.06. The molecule has 118 valence electrons. The Hall–Kier alpha value is -2.83. The second-order valence-corrected chi connectivity index (χ2v) is 4.93. The van der Waals surface area contributed by atoms with Crippen molar-refractivity contribution in [2.75, 3.05) is 5.32 Å². The van der Waals surface area contributed by atoms with E-state index in [2.05, 4.69) is 10.5 Å². The van der Waals surface area contributed by atoms with E-state index in [9.17, 15) is 18.0 Å². The molecule has 3 rings (SSSR count). The fraction of sp³-hybridized carbons (Fsp3) is 0.125. The summed E-state index contributed by atoms with van der Waals surface area (Å²) < 4.78 is 40.0. The number of hydrogen-bond donors (Lipinski definition) is 1. The van der Waals surface area contributed by atoms with E-state index in [-0.39, 0.29) is 17.7 Å². The van der Waals surface area contributed by atoms with E-state index in [0.717, 1.165) is 12.1 Å². The third-order valence-corrected chi connectivity index (χ3v) is 3.34. The molecule has 1 amide bonds. The summed E-state index contributed by atoms with van der Waals surface area (Å²) in [5, 5.41) is 6.00. The Labute approximate surface area is 129 Å². The van der Waals surface area contributed by atoms with Crippen LogP contribution in [0.4, 0.5) is 18.9 Å². The van der Waals surface area contributed by atoms with Crippen LogP contribution in [0.1, 0.15) is 12.0 Å². The fourth-order valence-electron chi connectivity index (χ4n) is 2.18. The van der Waals surface area contributed by atoms with Crippen LogP contribution >= 0.6 is 0 Å². The largest absolute Gasteiger partial charge is 0.382 e. The average Bonchev–Trinajstić information content (AvgIpc) is 3.00. The second-order valence-electron chi connectivity index (χ2n) is 4.93. The van der Waals surface area contributed by atoms with Crippen LogP contribution in [0.25, 0.3) is 0 Å². The summed E-state index contributed by atoms with van der Waals surface area (Å²) in [6.07, 6.45) is -0.954. The smallest absolute Gasteiger partial charge is 0.268 e. The number of hydrogen-bond acceptors (Lipinski definition) is 3. The molecule has 0 saturated carbocycles. The Morgan fingerprint density at radius 2 is 1.91 bits per heavy atom. The number of halogens is 3. The fourth-order valence-corrected chi connectivity index (χ4v) is 2.18. The van der Waals surface area contributed by atoms with Crippen molar-refractivity contribution >= 4 is 17.3 Å². The lowest BCUT2D eigenvalue weighted by Gasteiger charge is -2.10. The Kier molecular flexibility index (Phi) is 4.01. The second kappa shape index (κ2) is 6.12. The lowest BCUT2D eigenvalue weighted by molar-refractivity contribution is -0.125. The molecular formula is C16H11F3N2O2. The van der Waals surface area contributed by atoms with Crippen molar-refractivity contribution in [1.82, 2.24) is 0 Å². The summed E-state index contributed by atoms with van der Waals surface area (Å²) >= 11 is 0. The molecule has 0 aromatic heterocycles. The van der Waals surface area contributed by atoms with Gasteiger partial charge in [0.2, 0.25) is 6.10 Å². The van der Waals surface area contributed by atoms with Gasteiger partial charge >= 0.3 is 0 Å². The molecule has 0 aliphatic carbocycles. The number of oxime groups is 1. The molecule has 23 heavy (non-hydrogen) atoms. The predicted molar refractivity (Wildman–Crippen MR) is 77.4 cm³/mol. The average molecular weight is 320 g/mol. The molecule has 2 aromatic rings. The first-order chi connectivity index (χ1) is 11.0. The number of anilines is 1. The van der Waals surface area contributed by atoms with Gasteiger partial charge in [-0.15, -0.1) is 0 Å². The van der Waals surface area contributed by atoms with E-state index >= 15 is 0 Å². The van der Waals surface area contributed by atoms with Gasteiger partial charge in [-0.05, 0) is 18.2 Å². The van der Waals surface area contributed by atoms with Gasteiger partial charge in [-0.2, -0.15) is 0 Å². The Balaban J connectivity index is 1.68. The van der Waals surface area contributed by atoms with Gasteiger partial charge in [0.1, 0.15) is 17.5 Å². The molecule has 0 spiro atoms. The topological polar surface area (TPSA) is 50.7 Å². The van der Waals surface area contributed by atoms with Gasteiger partial charge in [0.15, 0.2) is 0 Å². The molecule has 1 aliphatic rings. The first-order valence-electron chi connectivity index (χ1n) is 6.78.